The fourth-order valence-electron chi connectivity index (χ4n) is 1.57. The molecule has 0 bridgehead atoms. The molecule has 1 atom stereocenters. The molecule has 0 aliphatic carbocycles. The van der Waals surface area contributed by atoms with E-state index in [9.17, 15) is 0 Å². The maximum absolute atomic E-state index is 4.32. The summed E-state index contributed by atoms with van der Waals surface area (Å²) in [6.45, 7) is 5.35. The van der Waals surface area contributed by atoms with Crippen LogP contribution in [0.1, 0.15) is 31.9 Å². The average molecular weight is 263 g/mol. The van der Waals surface area contributed by atoms with E-state index in [0.29, 0.717) is 6.04 Å². The number of aromatic amines is 1. The van der Waals surface area contributed by atoms with Crippen molar-refractivity contribution in [2.45, 2.75) is 36.5 Å². The number of aromatic nitrogens is 4. The van der Waals surface area contributed by atoms with E-state index >= 15 is 0 Å². The maximum atomic E-state index is 4.32. The number of hydrogen-bond acceptors (Lipinski definition) is 5. The van der Waals surface area contributed by atoms with Gasteiger partial charge in [0.15, 0.2) is 5.16 Å². The van der Waals surface area contributed by atoms with Gasteiger partial charge in [-0.2, -0.15) is 5.10 Å². The van der Waals surface area contributed by atoms with Crippen molar-refractivity contribution >= 4 is 11.8 Å². The van der Waals surface area contributed by atoms with Crippen molar-refractivity contribution in [3.63, 3.8) is 0 Å². The summed E-state index contributed by atoms with van der Waals surface area (Å²) < 4.78 is 0. The van der Waals surface area contributed by atoms with E-state index in [1.54, 1.807) is 0 Å². The molecular formula is C12H17N5S. The molecule has 18 heavy (non-hydrogen) atoms. The highest BCUT2D eigenvalue weighted by molar-refractivity contribution is 7.99. The molecule has 0 saturated carbocycles. The Hall–Kier alpha value is -1.40. The van der Waals surface area contributed by atoms with Crippen molar-refractivity contribution in [2.75, 3.05) is 6.54 Å². The smallest absolute Gasteiger partial charge is 0.189 e. The molecule has 2 rings (SSSR count). The molecule has 0 aliphatic heterocycles. The third kappa shape index (κ3) is 3.54. The van der Waals surface area contributed by atoms with Crippen LogP contribution in [0.15, 0.2) is 34.8 Å². The van der Waals surface area contributed by atoms with Crippen LogP contribution in [-0.4, -0.2) is 26.7 Å². The number of H-pyrrole nitrogens is 1. The van der Waals surface area contributed by atoms with Gasteiger partial charge in [0, 0.05) is 12.2 Å². The lowest BCUT2D eigenvalue weighted by Crippen LogP contribution is -2.19. The fraction of sp³-hybridized carbons (Fsp3) is 0.417. The van der Waals surface area contributed by atoms with Gasteiger partial charge in [-0.15, -0.1) is 0 Å². The molecule has 2 heterocycles. The number of rotatable bonds is 6. The Morgan fingerprint density at radius 2 is 2.33 bits per heavy atom. The van der Waals surface area contributed by atoms with Crippen LogP contribution < -0.4 is 5.32 Å². The SMILES string of the molecule is CCCNC(C)c1ccnc(Sc2ncn[nH]2)c1. The van der Waals surface area contributed by atoms with E-state index in [0.717, 1.165) is 23.1 Å². The van der Waals surface area contributed by atoms with Gasteiger partial charge in [0.2, 0.25) is 0 Å². The van der Waals surface area contributed by atoms with Gasteiger partial charge in [0.25, 0.3) is 0 Å². The largest absolute Gasteiger partial charge is 0.310 e. The lowest BCUT2D eigenvalue weighted by atomic mass is 10.1. The third-order valence-electron chi connectivity index (χ3n) is 2.55. The first kappa shape index (κ1) is 13.0. The Labute approximate surface area is 111 Å². The van der Waals surface area contributed by atoms with Crippen LogP contribution in [0.2, 0.25) is 0 Å². The lowest BCUT2D eigenvalue weighted by Gasteiger charge is -2.13. The normalized spacial score (nSPS) is 12.6. The molecule has 2 aromatic rings. The summed E-state index contributed by atoms with van der Waals surface area (Å²) in [5.74, 6) is 0. The zero-order chi connectivity index (χ0) is 12.8. The van der Waals surface area contributed by atoms with Gasteiger partial charge < -0.3 is 5.32 Å². The number of pyridine rings is 1. The fourth-order valence-corrected chi connectivity index (χ4v) is 2.28. The van der Waals surface area contributed by atoms with Gasteiger partial charge in [-0.3, -0.25) is 5.10 Å². The average Bonchev–Trinajstić information content (AvgIpc) is 2.89. The molecule has 0 fully saturated rings. The van der Waals surface area contributed by atoms with Crippen LogP contribution in [0.3, 0.4) is 0 Å². The van der Waals surface area contributed by atoms with E-state index in [2.05, 4.69) is 45.4 Å². The maximum Gasteiger partial charge on any atom is 0.189 e. The summed E-state index contributed by atoms with van der Waals surface area (Å²) in [7, 11) is 0. The van der Waals surface area contributed by atoms with Crippen molar-refractivity contribution in [2.24, 2.45) is 0 Å². The zero-order valence-electron chi connectivity index (χ0n) is 10.6. The molecule has 0 amide bonds. The summed E-state index contributed by atoms with van der Waals surface area (Å²) in [5.41, 5.74) is 1.24. The predicted molar refractivity (Wildman–Crippen MR) is 71.5 cm³/mol. The van der Waals surface area contributed by atoms with Gasteiger partial charge in [-0.05, 0) is 49.3 Å². The van der Waals surface area contributed by atoms with Crippen molar-refractivity contribution in [3.8, 4) is 0 Å². The standard InChI is InChI=1S/C12H17N5S/c1-3-5-13-9(2)10-4-6-14-11(7-10)18-12-15-8-16-17-12/h4,6-9,13H,3,5H2,1-2H3,(H,15,16,17). The lowest BCUT2D eigenvalue weighted by molar-refractivity contribution is 0.569. The Morgan fingerprint density at radius 3 is 3.06 bits per heavy atom. The molecule has 2 aromatic heterocycles. The molecule has 0 radical (unpaired) electrons. The Balaban J connectivity index is 2.05. The summed E-state index contributed by atoms with van der Waals surface area (Å²) in [6.07, 6.45) is 4.46. The topological polar surface area (TPSA) is 66.5 Å². The Bertz CT molecular complexity index is 471. The Kier molecular flexibility index (Phi) is 4.72. The molecule has 2 N–H and O–H groups in total. The second kappa shape index (κ2) is 6.51. The number of nitrogens with one attached hydrogen (secondary N) is 2. The van der Waals surface area contributed by atoms with E-state index in [4.69, 9.17) is 0 Å². The van der Waals surface area contributed by atoms with Gasteiger partial charge in [-0.25, -0.2) is 9.97 Å². The molecule has 0 aliphatic rings. The third-order valence-corrected chi connectivity index (χ3v) is 3.38. The minimum atomic E-state index is 0.335. The second-order valence-electron chi connectivity index (χ2n) is 4.00. The highest BCUT2D eigenvalue weighted by Gasteiger charge is 2.07. The zero-order valence-corrected chi connectivity index (χ0v) is 11.4. The van der Waals surface area contributed by atoms with Gasteiger partial charge in [0.1, 0.15) is 11.4 Å². The molecule has 0 saturated heterocycles. The molecule has 0 spiro atoms. The van der Waals surface area contributed by atoms with Crippen LogP contribution in [0.25, 0.3) is 0 Å². The predicted octanol–water partition coefficient (Wildman–Crippen LogP) is 2.41. The van der Waals surface area contributed by atoms with Gasteiger partial charge in [0.05, 0.1) is 0 Å². The first-order chi connectivity index (χ1) is 8.79. The minimum absolute atomic E-state index is 0.335. The summed E-state index contributed by atoms with van der Waals surface area (Å²) in [5, 5.41) is 11.8. The highest BCUT2D eigenvalue weighted by Crippen LogP contribution is 2.24. The Morgan fingerprint density at radius 1 is 1.44 bits per heavy atom. The summed E-state index contributed by atoms with van der Waals surface area (Å²) in [6, 6.07) is 4.46. The van der Waals surface area contributed by atoms with Crippen molar-refractivity contribution < 1.29 is 0 Å². The van der Waals surface area contributed by atoms with Gasteiger partial charge in [-0.1, -0.05) is 6.92 Å². The van der Waals surface area contributed by atoms with Gasteiger partial charge >= 0.3 is 0 Å². The minimum Gasteiger partial charge on any atom is -0.310 e. The summed E-state index contributed by atoms with van der Waals surface area (Å²) >= 11 is 1.48. The highest BCUT2D eigenvalue weighted by atomic mass is 32.2. The van der Waals surface area contributed by atoms with E-state index in [-0.39, 0.29) is 0 Å². The molecule has 6 heteroatoms. The first-order valence-corrected chi connectivity index (χ1v) is 6.83. The molecule has 96 valence electrons. The molecule has 1 unspecified atom stereocenters. The number of hydrogen-bond donors (Lipinski definition) is 2. The van der Waals surface area contributed by atoms with Crippen LogP contribution in [-0.2, 0) is 0 Å². The van der Waals surface area contributed by atoms with E-state index in [1.807, 2.05) is 12.3 Å². The van der Waals surface area contributed by atoms with Crippen molar-refractivity contribution in [3.05, 3.63) is 30.2 Å². The van der Waals surface area contributed by atoms with Crippen LogP contribution >= 0.6 is 11.8 Å². The van der Waals surface area contributed by atoms with Crippen molar-refractivity contribution in [1.29, 1.82) is 0 Å². The van der Waals surface area contributed by atoms with E-state index < -0.39 is 0 Å². The number of nitrogens with zero attached hydrogens (tertiary/aromatic N) is 3. The quantitative estimate of drug-likeness (QED) is 0.837. The molecule has 0 aromatic carbocycles. The molecular weight excluding hydrogens is 246 g/mol. The first-order valence-electron chi connectivity index (χ1n) is 6.02. The monoisotopic (exact) mass is 263 g/mol. The van der Waals surface area contributed by atoms with Crippen LogP contribution in [0.4, 0.5) is 0 Å². The van der Waals surface area contributed by atoms with Crippen LogP contribution in [0, 0.1) is 0 Å². The van der Waals surface area contributed by atoms with Crippen LogP contribution in [0.5, 0.6) is 0 Å². The van der Waals surface area contributed by atoms with Crippen molar-refractivity contribution in [1.82, 2.24) is 25.5 Å². The summed E-state index contributed by atoms with van der Waals surface area (Å²) in [4.78, 5) is 8.40. The van der Waals surface area contributed by atoms with E-state index in [1.165, 1.54) is 23.7 Å². The molecule has 5 nitrogen and oxygen atoms in total. The second-order valence-corrected chi connectivity index (χ2v) is 5.01.